The Hall–Kier alpha value is -1.90. The van der Waals surface area contributed by atoms with Gasteiger partial charge in [0, 0.05) is 5.56 Å². The second kappa shape index (κ2) is 7.77. The Kier molecular flexibility index (Phi) is 6.35. The van der Waals surface area contributed by atoms with Gasteiger partial charge < -0.3 is 5.32 Å². The first-order chi connectivity index (χ1) is 9.88. The number of nitriles is 1. The first-order valence-electron chi connectivity index (χ1n) is 6.94. The molecule has 0 bridgehead atoms. The molecule has 0 saturated carbocycles. The minimum absolute atomic E-state index is 0.00381. The predicted molar refractivity (Wildman–Crippen MR) is 79.6 cm³/mol. The molecule has 1 amide bonds. The fourth-order valence-electron chi connectivity index (χ4n) is 1.67. The summed E-state index contributed by atoms with van der Waals surface area (Å²) in [6.07, 6.45) is 0. The Morgan fingerprint density at radius 2 is 1.90 bits per heavy atom. The molecule has 0 saturated heterocycles. The number of nitrogens with one attached hydrogen (secondary N) is 1. The van der Waals surface area contributed by atoms with Gasteiger partial charge in [-0.3, -0.25) is 4.79 Å². The summed E-state index contributed by atoms with van der Waals surface area (Å²) in [5, 5.41) is 11.6. The molecule has 0 heterocycles. The van der Waals surface area contributed by atoms with Crippen molar-refractivity contribution < 1.29 is 14.6 Å². The summed E-state index contributed by atoms with van der Waals surface area (Å²) < 4.78 is 0. The van der Waals surface area contributed by atoms with Gasteiger partial charge >= 0.3 is 0 Å². The van der Waals surface area contributed by atoms with Crippen LogP contribution >= 0.6 is 0 Å². The Morgan fingerprint density at radius 1 is 1.29 bits per heavy atom. The van der Waals surface area contributed by atoms with Crippen LogP contribution in [0.15, 0.2) is 24.3 Å². The molecule has 5 nitrogen and oxygen atoms in total. The lowest BCUT2D eigenvalue weighted by Crippen LogP contribution is -2.37. The number of benzene rings is 1. The monoisotopic (exact) mass is 290 g/mol. The standard InChI is InChI=1S/C16H22N2O3/c1-5-20-21-11-14(10-17)18-15(19)12-6-8-13(9-7-12)16(2,3)4/h6-9,14H,5,11H2,1-4H3,(H,18,19). The van der Waals surface area contributed by atoms with Gasteiger partial charge in [-0.2, -0.15) is 5.26 Å². The SMILES string of the molecule is CCOOCC(C#N)NC(=O)c1ccc(C(C)(C)C)cc1. The van der Waals surface area contributed by atoms with E-state index in [1.165, 1.54) is 0 Å². The maximum absolute atomic E-state index is 12.0. The van der Waals surface area contributed by atoms with E-state index in [4.69, 9.17) is 15.0 Å². The third kappa shape index (κ3) is 5.54. The largest absolute Gasteiger partial charge is 0.334 e. The Labute approximate surface area is 125 Å². The van der Waals surface area contributed by atoms with Crippen molar-refractivity contribution in [3.05, 3.63) is 35.4 Å². The van der Waals surface area contributed by atoms with Crippen LogP contribution in [0.4, 0.5) is 0 Å². The molecule has 5 heteroatoms. The topological polar surface area (TPSA) is 71.3 Å². The zero-order chi connectivity index (χ0) is 15.9. The zero-order valence-corrected chi connectivity index (χ0v) is 13.0. The number of nitrogens with zero attached hydrogens (tertiary/aromatic N) is 1. The van der Waals surface area contributed by atoms with E-state index in [9.17, 15) is 4.79 Å². The van der Waals surface area contributed by atoms with Crippen molar-refractivity contribution in [1.82, 2.24) is 5.32 Å². The van der Waals surface area contributed by atoms with Crippen LogP contribution in [0.5, 0.6) is 0 Å². The predicted octanol–water partition coefficient (Wildman–Crippen LogP) is 2.57. The Bertz CT molecular complexity index is 498. The zero-order valence-electron chi connectivity index (χ0n) is 13.0. The molecule has 1 aromatic carbocycles. The third-order valence-electron chi connectivity index (χ3n) is 2.91. The van der Waals surface area contributed by atoms with E-state index in [1.54, 1.807) is 19.1 Å². The first kappa shape index (κ1) is 17.2. The van der Waals surface area contributed by atoms with Crippen LogP contribution in [0.1, 0.15) is 43.6 Å². The molecule has 0 aromatic heterocycles. The molecule has 0 fully saturated rings. The molecule has 1 N–H and O–H groups in total. The number of carbonyl (C=O) groups is 1. The van der Waals surface area contributed by atoms with Gasteiger partial charge in [-0.1, -0.05) is 32.9 Å². The molecule has 1 unspecified atom stereocenters. The summed E-state index contributed by atoms with van der Waals surface area (Å²) in [5.41, 5.74) is 1.70. The van der Waals surface area contributed by atoms with Crippen molar-refractivity contribution in [2.75, 3.05) is 13.2 Å². The lowest BCUT2D eigenvalue weighted by molar-refractivity contribution is -0.292. The molecule has 0 spiro atoms. The smallest absolute Gasteiger partial charge is 0.252 e. The summed E-state index contributed by atoms with van der Waals surface area (Å²) >= 11 is 0. The molecule has 0 aliphatic carbocycles. The van der Waals surface area contributed by atoms with Crippen molar-refractivity contribution in [2.45, 2.75) is 39.2 Å². The first-order valence-corrected chi connectivity index (χ1v) is 6.94. The Morgan fingerprint density at radius 3 is 2.38 bits per heavy atom. The maximum atomic E-state index is 12.0. The molecule has 0 aliphatic heterocycles. The fourth-order valence-corrected chi connectivity index (χ4v) is 1.67. The third-order valence-corrected chi connectivity index (χ3v) is 2.91. The summed E-state index contributed by atoms with van der Waals surface area (Å²) in [6.45, 7) is 8.49. The minimum Gasteiger partial charge on any atom is -0.334 e. The molecule has 114 valence electrons. The lowest BCUT2D eigenvalue weighted by atomic mass is 9.86. The second-order valence-electron chi connectivity index (χ2n) is 5.67. The van der Waals surface area contributed by atoms with Gasteiger partial charge in [0.2, 0.25) is 0 Å². The number of carbonyl (C=O) groups excluding carboxylic acids is 1. The molecule has 1 rings (SSSR count). The van der Waals surface area contributed by atoms with Gasteiger partial charge in [0.25, 0.3) is 5.91 Å². The fraction of sp³-hybridized carbons (Fsp3) is 0.500. The highest BCUT2D eigenvalue weighted by Gasteiger charge is 2.16. The second-order valence-corrected chi connectivity index (χ2v) is 5.67. The van der Waals surface area contributed by atoms with Crippen LogP contribution in [0.25, 0.3) is 0 Å². The number of hydrogen-bond donors (Lipinski definition) is 1. The average molecular weight is 290 g/mol. The molecule has 0 radical (unpaired) electrons. The summed E-state index contributed by atoms with van der Waals surface area (Å²) in [6, 6.07) is 8.58. The van der Waals surface area contributed by atoms with E-state index in [-0.39, 0.29) is 17.9 Å². The van der Waals surface area contributed by atoms with Gasteiger partial charge in [0.1, 0.15) is 12.6 Å². The molecule has 1 atom stereocenters. The van der Waals surface area contributed by atoms with Crippen LogP contribution in [-0.2, 0) is 15.2 Å². The van der Waals surface area contributed by atoms with Gasteiger partial charge in [-0.25, -0.2) is 9.78 Å². The highest BCUT2D eigenvalue weighted by atomic mass is 17.2. The maximum Gasteiger partial charge on any atom is 0.252 e. The van der Waals surface area contributed by atoms with E-state index in [0.29, 0.717) is 12.2 Å². The molecule has 1 aromatic rings. The van der Waals surface area contributed by atoms with E-state index < -0.39 is 6.04 Å². The van der Waals surface area contributed by atoms with Crippen molar-refractivity contribution in [2.24, 2.45) is 0 Å². The van der Waals surface area contributed by atoms with Gasteiger partial charge in [0.05, 0.1) is 12.7 Å². The summed E-state index contributed by atoms with van der Waals surface area (Å²) in [5.74, 6) is -0.304. The summed E-state index contributed by atoms with van der Waals surface area (Å²) in [7, 11) is 0. The van der Waals surface area contributed by atoms with Crippen LogP contribution in [0.3, 0.4) is 0 Å². The van der Waals surface area contributed by atoms with Crippen molar-refractivity contribution in [3.8, 4) is 6.07 Å². The minimum atomic E-state index is -0.744. The molecule has 21 heavy (non-hydrogen) atoms. The van der Waals surface area contributed by atoms with Crippen LogP contribution in [-0.4, -0.2) is 25.2 Å². The normalized spacial score (nSPS) is 12.5. The van der Waals surface area contributed by atoms with Crippen molar-refractivity contribution in [3.63, 3.8) is 0 Å². The molecular formula is C16H22N2O3. The lowest BCUT2D eigenvalue weighted by Gasteiger charge is -2.19. The van der Waals surface area contributed by atoms with E-state index >= 15 is 0 Å². The van der Waals surface area contributed by atoms with E-state index in [1.807, 2.05) is 18.2 Å². The van der Waals surface area contributed by atoms with Gasteiger partial charge in [-0.15, -0.1) is 0 Å². The van der Waals surface area contributed by atoms with Crippen LogP contribution < -0.4 is 5.32 Å². The summed E-state index contributed by atoms with van der Waals surface area (Å²) in [4.78, 5) is 21.6. The number of rotatable bonds is 6. The van der Waals surface area contributed by atoms with Crippen molar-refractivity contribution in [1.29, 1.82) is 5.26 Å². The molecular weight excluding hydrogens is 268 g/mol. The molecule has 0 aliphatic rings. The average Bonchev–Trinajstić information content (AvgIpc) is 2.45. The number of amides is 1. The Balaban J connectivity index is 2.64. The van der Waals surface area contributed by atoms with E-state index in [2.05, 4.69) is 26.1 Å². The van der Waals surface area contributed by atoms with Gasteiger partial charge in [0.15, 0.2) is 0 Å². The quantitative estimate of drug-likeness (QED) is 0.496. The van der Waals surface area contributed by atoms with Crippen molar-refractivity contribution >= 4 is 5.91 Å². The highest BCUT2D eigenvalue weighted by Crippen LogP contribution is 2.22. The number of hydrogen-bond acceptors (Lipinski definition) is 4. The highest BCUT2D eigenvalue weighted by molar-refractivity contribution is 5.94. The van der Waals surface area contributed by atoms with E-state index in [0.717, 1.165) is 5.56 Å². The van der Waals surface area contributed by atoms with Gasteiger partial charge in [-0.05, 0) is 30.0 Å². The van der Waals surface area contributed by atoms with Crippen LogP contribution in [0, 0.1) is 11.3 Å². The van der Waals surface area contributed by atoms with Crippen LogP contribution in [0.2, 0.25) is 0 Å².